The molecule has 0 spiro atoms. The molecule has 4 aromatic rings. The molecule has 0 saturated carbocycles. The van der Waals surface area contributed by atoms with E-state index in [2.05, 4.69) is 31.2 Å². The molecule has 0 atom stereocenters. The highest BCUT2D eigenvalue weighted by Gasteiger charge is 2.10. The van der Waals surface area contributed by atoms with Gasteiger partial charge >= 0.3 is 11.9 Å². The van der Waals surface area contributed by atoms with E-state index in [0.717, 1.165) is 61.0 Å². The maximum Gasteiger partial charge on any atom is 0.343 e. The van der Waals surface area contributed by atoms with Crippen molar-refractivity contribution in [3.05, 3.63) is 126 Å². The van der Waals surface area contributed by atoms with Crippen LogP contribution in [-0.4, -0.2) is 25.2 Å². The molecule has 5 heteroatoms. The van der Waals surface area contributed by atoms with Gasteiger partial charge in [-0.2, -0.15) is 0 Å². The van der Waals surface area contributed by atoms with E-state index in [-0.39, 0.29) is 11.9 Å². The van der Waals surface area contributed by atoms with Crippen LogP contribution in [0.15, 0.2) is 109 Å². The Labute approximate surface area is 280 Å². The number of esters is 2. The molecule has 47 heavy (non-hydrogen) atoms. The van der Waals surface area contributed by atoms with Crippen molar-refractivity contribution in [1.82, 2.24) is 0 Å². The van der Waals surface area contributed by atoms with Crippen LogP contribution in [0.1, 0.15) is 92.6 Å². The lowest BCUT2D eigenvalue weighted by atomic mass is 10.0. The van der Waals surface area contributed by atoms with Crippen molar-refractivity contribution in [3.63, 3.8) is 0 Å². The van der Waals surface area contributed by atoms with Gasteiger partial charge in [0.15, 0.2) is 0 Å². The predicted molar refractivity (Wildman–Crippen MR) is 191 cm³/mol. The van der Waals surface area contributed by atoms with E-state index in [1.807, 2.05) is 54.6 Å². The van der Waals surface area contributed by atoms with Crippen molar-refractivity contribution >= 4 is 18.0 Å². The largest absolute Gasteiger partial charge is 0.494 e. The van der Waals surface area contributed by atoms with Gasteiger partial charge in [-0.15, -0.1) is 0 Å². The summed E-state index contributed by atoms with van der Waals surface area (Å²) in [4.78, 5) is 24.6. The number of carbonyl (C=O) groups excluding carboxylic acids is 2. The zero-order chi connectivity index (χ0) is 32.9. The van der Waals surface area contributed by atoms with Crippen LogP contribution < -0.4 is 9.47 Å². The smallest absolute Gasteiger partial charge is 0.343 e. The molecule has 0 radical (unpaired) electrons. The summed E-state index contributed by atoms with van der Waals surface area (Å²) in [5.41, 5.74) is 4.94. The van der Waals surface area contributed by atoms with E-state index in [1.165, 1.54) is 43.7 Å². The summed E-state index contributed by atoms with van der Waals surface area (Å²) >= 11 is 0. The van der Waals surface area contributed by atoms with Gasteiger partial charge in [0, 0.05) is 6.08 Å². The zero-order valence-corrected chi connectivity index (χ0v) is 27.7. The van der Waals surface area contributed by atoms with E-state index in [0.29, 0.717) is 24.5 Å². The molecule has 0 fully saturated rings. The molecule has 0 aliphatic heterocycles. The van der Waals surface area contributed by atoms with Crippen LogP contribution in [0.3, 0.4) is 0 Å². The van der Waals surface area contributed by atoms with E-state index in [4.69, 9.17) is 14.2 Å². The molecule has 0 amide bonds. The first-order valence-corrected chi connectivity index (χ1v) is 17.1. The fourth-order valence-electron chi connectivity index (χ4n) is 5.24. The standard InChI is InChI=1S/C42H48O5/c1-2-3-4-5-7-13-32-45-39-27-29-40(30-28-39)47-42(44)38-25-23-37(24-26-38)36-21-18-35(19-22-36)17-10-6-8-14-33-46-41(43)31-20-34-15-11-9-12-16-34/h9,11-12,15-16,18-31H,2-8,10,13-14,17,32-33H2,1H3/b31-20+. The minimum Gasteiger partial charge on any atom is -0.494 e. The summed E-state index contributed by atoms with van der Waals surface area (Å²) in [5, 5.41) is 0. The lowest BCUT2D eigenvalue weighted by molar-refractivity contribution is -0.137. The highest BCUT2D eigenvalue weighted by Crippen LogP contribution is 2.23. The third-order valence-electron chi connectivity index (χ3n) is 8.02. The van der Waals surface area contributed by atoms with Crippen LogP contribution in [-0.2, 0) is 16.0 Å². The molecule has 0 unspecified atom stereocenters. The number of unbranched alkanes of at least 4 members (excludes halogenated alkanes) is 8. The zero-order valence-electron chi connectivity index (χ0n) is 27.7. The van der Waals surface area contributed by atoms with E-state index in [9.17, 15) is 9.59 Å². The van der Waals surface area contributed by atoms with Gasteiger partial charge in [0.1, 0.15) is 11.5 Å². The van der Waals surface area contributed by atoms with Gasteiger partial charge in [-0.1, -0.05) is 119 Å². The van der Waals surface area contributed by atoms with Gasteiger partial charge in [-0.25, -0.2) is 9.59 Å². The summed E-state index contributed by atoms with van der Waals surface area (Å²) in [5.74, 6) is 0.605. The Bertz CT molecular complexity index is 1490. The maximum atomic E-state index is 12.7. The Morgan fingerprint density at radius 3 is 1.89 bits per heavy atom. The first-order valence-electron chi connectivity index (χ1n) is 17.1. The highest BCUT2D eigenvalue weighted by atomic mass is 16.5. The van der Waals surface area contributed by atoms with Crippen LogP contribution in [0, 0.1) is 0 Å². The van der Waals surface area contributed by atoms with Gasteiger partial charge in [-0.05, 0) is 90.4 Å². The Morgan fingerprint density at radius 1 is 0.596 bits per heavy atom. The average molecular weight is 633 g/mol. The number of rotatable bonds is 20. The molecule has 246 valence electrons. The lowest BCUT2D eigenvalue weighted by Gasteiger charge is -2.09. The van der Waals surface area contributed by atoms with E-state index in [1.54, 1.807) is 30.3 Å². The summed E-state index contributed by atoms with van der Waals surface area (Å²) < 4.78 is 16.7. The quantitative estimate of drug-likeness (QED) is 0.0420. The Hall–Kier alpha value is -4.64. The van der Waals surface area contributed by atoms with Crippen molar-refractivity contribution < 1.29 is 23.8 Å². The number of hydrogen-bond acceptors (Lipinski definition) is 5. The highest BCUT2D eigenvalue weighted by molar-refractivity contribution is 5.91. The average Bonchev–Trinajstić information content (AvgIpc) is 3.11. The molecule has 0 heterocycles. The van der Waals surface area contributed by atoms with Crippen molar-refractivity contribution in [1.29, 1.82) is 0 Å². The van der Waals surface area contributed by atoms with Gasteiger partial charge in [0.2, 0.25) is 0 Å². The fourth-order valence-corrected chi connectivity index (χ4v) is 5.24. The number of carbonyl (C=O) groups is 2. The Kier molecular flexibility index (Phi) is 15.3. The molecule has 4 aromatic carbocycles. The number of aryl methyl sites for hydroxylation is 1. The second-order valence-electron chi connectivity index (χ2n) is 11.8. The second-order valence-corrected chi connectivity index (χ2v) is 11.8. The van der Waals surface area contributed by atoms with Gasteiger partial charge in [0.05, 0.1) is 18.8 Å². The SMILES string of the molecule is CCCCCCCCOc1ccc(OC(=O)c2ccc(-c3ccc(CCCCCCOC(=O)/C=C/c4ccccc4)cc3)cc2)cc1. The lowest BCUT2D eigenvalue weighted by Crippen LogP contribution is -2.08. The third-order valence-corrected chi connectivity index (χ3v) is 8.02. The third kappa shape index (κ3) is 13.3. The molecule has 4 rings (SSSR count). The Morgan fingerprint density at radius 2 is 1.19 bits per heavy atom. The molecule has 0 aromatic heterocycles. The first-order chi connectivity index (χ1) is 23.1. The van der Waals surface area contributed by atoms with Crippen LogP contribution in [0.2, 0.25) is 0 Å². The molecule has 0 saturated heterocycles. The maximum absolute atomic E-state index is 12.7. The molecule has 5 nitrogen and oxygen atoms in total. The van der Waals surface area contributed by atoms with Crippen molar-refractivity contribution in [2.45, 2.75) is 77.6 Å². The number of hydrogen-bond donors (Lipinski definition) is 0. The van der Waals surface area contributed by atoms with Crippen LogP contribution in [0.5, 0.6) is 11.5 Å². The monoisotopic (exact) mass is 632 g/mol. The Balaban J connectivity index is 1.10. The fraction of sp³-hybridized carbons (Fsp3) is 0.333. The van der Waals surface area contributed by atoms with Crippen LogP contribution in [0.4, 0.5) is 0 Å². The number of ether oxygens (including phenoxy) is 3. The van der Waals surface area contributed by atoms with E-state index >= 15 is 0 Å². The van der Waals surface area contributed by atoms with E-state index < -0.39 is 0 Å². The molecule has 0 aliphatic rings. The second kappa shape index (κ2) is 20.5. The van der Waals surface area contributed by atoms with Crippen LogP contribution >= 0.6 is 0 Å². The summed E-state index contributed by atoms with van der Waals surface area (Å²) in [6, 6.07) is 33.1. The predicted octanol–water partition coefficient (Wildman–Crippen LogP) is 10.7. The molecular weight excluding hydrogens is 584 g/mol. The molecule has 0 bridgehead atoms. The number of benzene rings is 4. The first kappa shape index (κ1) is 35.2. The van der Waals surface area contributed by atoms with Crippen molar-refractivity contribution in [2.24, 2.45) is 0 Å². The van der Waals surface area contributed by atoms with Crippen LogP contribution in [0.25, 0.3) is 17.2 Å². The minimum absolute atomic E-state index is 0.297. The minimum atomic E-state index is -0.384. The topological polar surface area (TPSA) is 61.8 Å². The molecule has 0 N–H and O–H groups in total. The summed E-state index contributed by atoms with van der Waals surface area (Å²) in [7, 11) is 0. The molecular formula is C42H48O5. The summed E-state index contributed by atoms with van der Waals surface area (Å²) in [6.07, 6.45) is 15.7. The van der Waals surface area contributed by atoms with Crippen molar-refractivity contribution in [3.8, 4) is 22.6 Å². The van der Waals surface area contributed by atoms with Gasteiger partial charge < -0.3 is 14.2 Å². The normalized spacial score (nSPS) is 11.0. The summed E-state index contributed by atoms with van der Waals surface area (Å²) in [6.45, 7) is 3.38. The van der Waals surface area contributed by atoms with Crippen molar-refractivity contribution in [2.75, 3.05) is 13.2 Å². The van der Waals surface area contributed by atoms with Gasteiger partial charge in [0.25, 0.3) is 0 Å². The molecule has 0 aliphatic carbocycles. The van der Waals surface area contributed by atoms with Gasteiger partial charge in [-0.3, -0.25) is 0 Å².